The molecule has 0 bridgehead atoms. The standard InChI is InChI=1S/C20H37NO5/c1-5-24-18(22)11-9-7-6-8-10-16-25-17-12-14-21(15-13-17)19(23)26-20(2,3)4/h17H,5-16H2,1-4H3. The molecule has 1 aliphatic heterocycles. The molecule has 1 amide bonds. The Labute approximate surface area is 158 Å². The van der Waals surface area contributed by atoms with Crippen LogP contribution >= 0.6 is 0 Å². The Balaban J connectivity index is 1.99. The van der Waals surface area contributed by atoms with Crippen molar-refractivity contribution in [1.29, 1.82) is 0 Å². The molecule has 152 valence electrons. The van der Waals surface area contributed by atoms with E-state index in [9.17, 15) is 9.59 Å². The number of ether oxygens (including phenoxy) is 3. The van der Waals surface area contributed by atoms with Crippen LogP contribution in [0, 0.1) is 0 Å². The highest BCUT2D eigenvalue weighted by Gasteiger charge is 2.26. The average molecular weight is 372 g/mol. The van der Waals surface area contributed by atoms with Crippen molar-refractivity contribution in [2.24, 2.45) is 0 Å². The second kappa shape index (κ2) is 12.2. The van der Waals surface area contributed by atoms with Crippen LogP contribution in [-0.2, 0) is 19.0 Å². The van der Waals surface area contributed by atoms with Crippen molar-refractivity contribution in [2.45, 2.75) is 90.8 Å². The Morgan fingerprint density at radius 1 is 1.00 bits per heavy atom. The molecule has 1 rings (SSSR count). The smallest absolute Gasteiger partial charge is 0.410 e. The Kier molecular flexibility index (Phi) is 10.6. The predicted molar refractivity (Wildman–Crippen MR) is 101 cm³/mol. The number of unbranched alkanes of at least 4 members (excludes halogenated alkanes) is 4. The maximum atomic E-state index is 12.0. The predicted octanol–water partition coefficient (Wildman–Crippen LogP) is 4.31. The number of carbonyl (C=O) groups excluding carboxylic acids is 2. The maximum Gasteiger partial charge on any atom is 0.410 e. The fourth-order valence-corrected chi connectivity index (χ4v) is 2.92. The molecule has 0 radical (unpaired) electrons. The summed E-state index contributed by atoms with van der Waals surface area (Å²) in [4.78, 5) is 25.0. The number of hydrogen-bond acceptors (Lipinski definition) is 5. The van der Waals surface area contributed by atoms with Crippen LogP contribution in [0.1, 0.15) is 79.1 Å². The van der Waals surface area contributed by atoms with E-state index in [1.54, 1.807) is 4.90 Å². The minimum atomic E-state index is -0.444. The van der Waals surface area contributed by atoms with Crippen LogP contribution in [-0.4, -0.2) is 55.0 Å². The average Bonchev–Trinajstić information content (AvgIpc) is 2.56. The van der Waals surface area contributed by atoms with Gasteiger partial charge < -0.3 is 19.1 Å². The molecule has 26 heavy (non-hydrogen) atoms. The van der Waals surface area contributed by atoms with Gasteiger partial charge >= 0.3 is 12.1 Å². The van der Waals surface area contributed by atoms with Crippen LogP contribution in [0.2, 0.25) is 0 Å². The summed E-state index contributed by atoms with van der Waals surface area (Å²) in [6.45, 7) is 10.1. The van der Waals surface area contributed by atoms with Gasteiger partial charge in [-0.2, -0.15) is 0 Å². The Hall–Kier alpha value is -1.30. The van der Waals surface area contributed by atoms with Gasteiger partial charge in [0.2, 0.25) is 0 Å². The topological polar surface area (TPSA) is 65.1 Å². The zero-order valence-corrected chi connectivity index (χ0v) is 17.1. The third-order valence-electron chi connectivity index (χ3n) is 4.28. The summed E-state index contributed by atoms with van der Waals surface area (Å²) in [6, 6.07) is 0. The van der Waals surface area contributed by atoms with E-state index in [2.05, 4.69) is 0 Å². The second-order valence-corrected chi connectivity index (χ2v) is 7.86. The highest BCUT2D eigenvalue weighted by Crippen LogP contribution is 2.18. The fraction of sp³-hybridized carbons (Fsp3) is 0.900. The zero-order chi connectivity index (χ0) is 19.4. The van der Waals surface area contributed by atoms with Crippen molar-refractivity contribution >= 4 is 12.1 Å². The van der Waals surface area contributed by atoms with Gasteiger partial charge in [-0.05, 0) is 53.4 Å². The molecule has 0 atom stereocenters. The third kappa shape index (κ3) is 10.6. The molecule has 0 aromatic heterocycles. The summed E-state index contributed by atoms with van der Waals surface area (Å²) in [6.07, 6.45) is 7.57. The van der Waals surface area contributed by atoms with Gasteiger partial charge in [-0.3, -0.25) is 4.79 Å². The summed E-state index contributed by atoms with van der Waals surface area (Å²) in [5.74, 6) is -0.0893. The molecule has 6 heteroatoms. The molecule has 0 unspecified atom stereocenters. The summed E-state index contributed by atoms with van der Waals surface area (Å²) < 4.78 is 16.2. The number of amides is 1. The first kappa shape index (κ1) is 22.7. The first-order chi connectivity index (χ1) is 12.3. The van der Waals surface area contributed by atoms with Crippen LogP contribution < -0.4 is 0 Å². The zero-order valence-electron chi connectivity index (χ0n) is 17.1. The van der Waals surface area contributed by atoms with E-state index in [1.165, 1.54) is 0 Å². The first-order valence-corrected chi connectivity index (χ1v) is 10.1. The summed E-state index contributed by atoms with van der Waals surface area (Å²) in [7, 11) is 0. The molecule has 0 aliphatic carbocycles. The minimum Gasteiger partial charge on any atom is -0.466 e. The molecule has 0 aromatic carbocycles. The quantitative estimate of drug-likeness (QED) is 0.423. The van der Waals surface area contributed by atoms with Crippen molar-refractivity contribution in [1.82, 2.24) is 4.90 Å². The largest absolute Gasteiger partial charge is 0.466 e. The van der Waals surface area contributed by atoms with Gasteiger partial charge in [0.1, 0.15) is 5.60 Å². The molecular weight excluding hydrogens is 334 g/mol. The van der Waals surface area contributed by atoms with Gasteiger partial charge in [-0.15, -0.1) is 0 Å². The molecule has 0 spiro atoms. The number of esters is 1. The van der Waals surface area contributed by atoms with E-state index in [0.717, 1.165) is 51.6 Å². The molecule has 6 nitrogen and oxygen atoms in total. The fourth-order valence-electron chi connectivity index (χ4n) is 2.92. The number of likely N-dealkylation sites (tertiary alicyclic amines) is 1. The van der Waals surface area contributed by atoms with Crippen molar-refractivity contribution < 1.29 is 23.8 Å². The van der Waals surface area contributed by atoms with Crippen molar-refractivity contribution in [2.75, 3.05) is 26.3 Å². The molecule has 1 fully saturated rings. The monoisotopic (exact) mass is 371 g/mol. The van der Waals surface area contributed by atoms with Crippen LogP contribution in [0.15, 0.2) is 0 Å². The van der Waals surface area contributed by atoms with E-state index in [1.807, 2.05) is 27.7 Å². The number of nitrogens with zero attached hydrogens (tertiary/aromatic N) is 1. The number of rotatable bonds is 10. The third-order valence-corrected chi connectivity index (χ3v) is 4.28. The molecular formula is C20H37NO5. The SMILES string of the molecule is CCOC(=O)CCCCCCCOC1CCN(C(=O)OC(C)(C)C)CC1. The van der Waals surface area contributed by atoms with E-state index >= 15 is 0 Å². The molecule has 1 heterocycles. The van der Waals surface area contributed by atoms with Crippen LogP contribution in [0.3, 0.4) is 0 Å². The van der Waals surface area contributed by atoms with Gasteiger partial charge in [0.25, 0.3) is 0 Å². The number of piperidine rings is 1. The Morgan fingerprint density at radius 3 is 2.23 bits per heavy atom. The van der Waals surface area contributed by atoms with Gasteiger partial charge in [0, 0.05) is 26.1 Å². The van der Waals surface area contributed by atoms with E-state index in [0.29, 0.717) is 26.1 Å². The summed E-state index contributed by atoms with van der Waals surface area (Å²) in [5, 5.41) is 0. The lowest BCUT2D eigenvalue weighted by Crippen LogP contribution is -2.43. The summed E-state index contributed by atoms with van der Waals surface area (Å²) in [5.41, 5.74) is -0.444. The summed E-state index contributed by atoms with van der Waals surface area (Å²) >= 11 is 0. The molecule has 0 N–H and O–H groups in total. The Bertz CT molecular complexity index is 411. The Morgan fingerprint density at radius 2 is 1.62 bits per heavy atom. The number of hydrogen-bond donors (Lipinski definition) is 0. The molecule has 0 aromatic rings. The highest BCUT2D eigenvalue weighted by molar-refractivity contribution is 5.69. The lowest BCUT2D eigenvalue weighted by Gasteiger charge is -2.33. The van der Waals surface area contributed by atoms with Crippen LogP contribution in [0.4, 0.5) is 4.79 Å². The van der Waals surface area contributed by atoms with Gasteiger partial charge in [-0.25, -0.2) is 4.79 Å². The van der Waals surface area contributed by atoms with Gasteiger partial charge in [0.05, 0.1) is 12.7 Å². The maximum absolute atomic E-state index is 12.0. The highest BCUT2D eigenvalue weighted by atomic mass is 16.6. The van der Waals surface area contributed by atoms with Gasteiger partial charge in [0.15, 0.2) is 0 Å². The van der Waals surface area contributed by atoms with Crippen molar-refractivity contribution in [3.05, 3.63) is 0 Å². The lowest BCUT2D eigenvalue weighted by atomic mass is 10.1. The van der Waals surface area contributed by atoms with Crippen molar-refractivity contribution in [3.63, 3.8) is 0 Å². The number of carbonyl (C=O) groups is 2. The normalized spacial score (nSPS) is 15.8. The van der Waals surface area contributed by atoms with E-state index < -0.39 is 5.60 Å². The van der Waals surface area contributed by atoms with E-state index in [-0.39, 0.29) is 18.2 Å². The second-order valence-electron chi connectivity index (χ2n) is 7.86. The molecule has 1 aliphatic rings. The van der Waals surface area contributed by atoms with Crippen LogP contribution in [0.25, 0.3) is 0 Å². The van der Waals surface area contributed by atoms with Crippen molar-refractivity contribution in [3.8, 4) is 0 Å². The minimum absolute atomic E-state index is 0.0893. The molecule has 0 saturated carbocycles. The molecule has 1 saturated heterocycles. The van der Waals surface area contributed by atoms with Crippen LogP contribution in [0.5, 0.6) is 0 Å². The van der Waals surface area contributed by atoms with E-state index in [4.69, 9.17) is 14.2 Å². The van der Waals surface area contributed by atoms with Gasteiger partial charge in [-0.1, -0.05) is 19.3 Å². The lowest BCUT2D eigenvalue weighted by molar-refractivity contribution is -0.143. The first-order valence-electron chi connectivity index (χ1n) is 10.1.